The number of aryl methyl sites for hydroxylation is 1. The van der Waals surface area contributed by atoms with Crippen LogP contribution in [0.25, 0.3) is 0 Å². The fourth-order valence-electron chi connectivity index (χ4n) is 3.90. The van der Waals surface area contributed by atoms with Gasteiger partial charge in [0, 0.05) is 25.7 Å². The largest absolute Gasteiger partial charge is 0.379 e. The molecule has 5 nitrogen and oxygen atoms in total. The maximum absolute atomic E-state index is 12.8. The number of hydrogen-bond donors (Lipinski definition) is 3. The second-order valence-corrected chi connectivity index (χ2v) is 7.42. The van der Waals surface area contributed by atoms with Gasteiger partial charge in [0.2, 0.25) is 0 Å². The van der Waals surface area contributed by atoms with E-state index in [1.165, 1.54) is 5.56 Å². The van der Waals surface area contributed by atoms with Gasteiger partial charge >= 0.3 is 0 Å². The van der Waals surface area contributed by atoms with Crippen LogP contribution in [-0.4, -0.2) is 60.3 Å². The molecule has 2 saturated heterocycles. The SMILES string of the molecule is O=C1N(CCCc2ccccc2)CCC[C@]1(O)CNC1CCNCC1. The fraction of sp³-hybridized carbons (Fsp3) is 0.650. The first kappa shape index (κ1) is 18.4. The number of rotatable bonds is 7. The number of aliphatic hydroxyl groups is 1. The highest BCUT2D eigenvalue weighted by Gasteiger charge is 2.42. The average molecular weight is 345 g/mol. The van der Waals surface area contributed by atoms with Crippen LogP contribution in [0.15, 0.2) is 30.3 Å². The van der Waals surface area contributed by atoms with Gasteiger partial charge in [0.25, 0.3) is 5.91 Å². The minimum atomic E-state index is -1.23. The number of nitrogens with one attached hydrogen (secondary N) is 2. The van der Waals surface area contributed by atoms with Crippen LogP contribution in [0.5, 0.6) is 0 Å². The van der Waals surface area contributed by atoms with Gasteiger partial charge in [0.05, 0.1) is 0 Å². The van der Waals surface area contributed by atoms with Crippen LogP contribution in [0.4, 0.5) is 0 Å². The third-order valence-corrected chi connectivity index (χ3v) is 5.46. The second kappa shape index (κ2) is 8.79. The Labute approximate surface area is 150 Å². The van der Waals surface area contributed by atoms with Crippen LogP contribution in [0.3, 0.4) is 0 Å². The summed E-state index contributed by atoms with van der Waals surface area (Å²) in [6, 6.07) is 10.8. The topological polar surface area (TPSA) is 64.6 Å². The molecule has 2 aliphatic heterocycles. The number of carbonyl (C=O) groups is 1. The Morgan fingerprint density at radius 2 is 2.00 bits per heavy atom. The zero-order valence-corrected chi connectivity index (χ0v) is 15.0. The lowest BCUT2D eigenvalue weighted by Crippen LogP contribution is -2.59. The Hall–Kier alpha value is -1.43. The summed E-state index contributed by atoms with van der Waals surface area (Å²) in [7, 11) is 0. The van der Waals surface area contributed by atoms with E-state index in [4.69, 9.17) is 0 Å². The number of amides is 1. The van der Waals surface area contributed by atoms with Gasteiger partial charge in [0.15, 0.2) is 5.60 Å². The van der Waals surface area contributed by atoms with E-state index >= 15 is 0 Å². The molecule has 1 atom stereocenters. The molecule has 3 N–H and O–H groups in total. The van der Waals surface area contributed by atoms with Gasteiger partial charge in [-0.1, -0.05) is 30.3 Å². The highest BCUT2D eigenvalue weighted by molar-refractivity contribution is 5.86. The molecule has 138 valence electrons. The Bertz CT molecular complexity index is 545. The standard InChI is InChI=1S/C20H31N3O2/c24-19-20(25,16-22-18-9-12-21-13-10-18)11-5-15-23(19)14-4-8-17-6-2-1-3-7-17/h1-3,6-7,18,21-22,25H,4-5,8-16H2/t20-/m0/s1. The molecule has 2 heterocycles. The molecule has 1 aromatic carbocycles. The molecular weight excluding hydrogens is 314 g/mol. The lowest BCUT2D eigenvalue weighted by atomic mass is 9.90. The van der Waals surface area contributed by atoms with E-state index in [1.54, 1.807) is 0 Å². The van der Waals surface area contributed by atoms with Crippen molar-refractivity contribution < 1.29 is 9.90 Å². The molecule has 5 heteroatoms. The van der Waals surface area contributed by atoms with Gasteiger partial charge in [-0.25, -0.2) is 0 Å². The number of carbonyl (C=O) groups excluding carboxylic acids is 1. The number of benzene rings is 1. The van der Waals surface area contributed by atoms with Crippen LogP contribution >= 0.6 is 0 Å². The normalized spacial score (nSPS) is 25.3. The predicted octanol–water partition coefficient (Wildman–Crippen LogP) is 1.31. The molecule has 0 radical (unpaired) electrons. The highest BCUT2D eigenvalue weighted by atomic mass is 16.3. The molecule has 3 rings (SSSR count). The fourth-order valence-corrected chi connectivity index (χ4v) is 3.90. The third kappa shape index (κ3) is 5.03. The van der Waals surface area contributed by atoms with Gasteiger partial charge in [-0.3, -0.25) is 4.79 Å². The van der Waals surface area contributed by atoms with E-state index in [1.807, 2.05) is 23.1 Å². The summed E-state index contributed by atoms with van der Waals surface area (Å²) < 4.78 is 0. The molecule has 0 aliphatic carbocycles. The summed E-state index contributed by atoms with van der Waals surface area (Å²) in [6.45, 7) is 3.89. The number of nitrogens with zero attached hydrogens (tertiary/aromatic N) is 1. The lowest BCUT2D eigenvalue weighted by Gasteiger charge is -2.39. The maximum Gasteiger partial charge on any atom is 0.255 e. The average Bonchev–Trinajstić information content (AvgIpc) is 2.66. The zero-order chi connectivity index (χ0) is 17.5. The van der Waals surface area contributed by atoms with Crippen molar-refractivity contribution in [2.75, 3.05) is 32.7 Å². The first-order valence-corrected chi connectivity index (χ1v) is 9.67. The Balaban J connectivity index is 1.47. The maximum atomic E-state index is 12.8. The van der Waals surface area contributed by atoms with Gasteiger partial charge in [0.1, 0.15) is 0 Å². The van der Waals surface area contributed by atoms with E-state index in [9.17, 15) is 9.90 Å². The summed E-state index contributed by atoms with van der Waals surface area (Å²) in [5, 5.41) is 17.7. The lowest BCUT2D eigenvalue weighted by molar-refractivity contribution is -0.156. The molecule has 0 saturated carbocycles. The minimum Gasteiger partial charge on any atom is -0.379 e. The van der Waals surface area contributed by atoms with Crippen LogP contribution in [0.1, 0.15) is 37.7 Å². The Kier molecular flexibility index (Phi) is 6.45. The van der Waals surface area contributed by atoms with E-state index in [2.05, 4.69) is 22.8 Å². The summed E-state index contributed by atoms with van der Waals surface area (Å²) in [6.07, 6.45) is 5.47. The van der Waals surface area contributed by atoms with Crippen LogP contribution < -0.4 is 10.6 Å². The van der Waals surface area contributed by atoms with Crippen molar-refractivity contribution in [3.05, 3.63) is 35.9 Å². The molecule has 2 aliphatic rings. The molecule has 2 fully saturated rings. The van der Waals surface area contributed by atoms with E-state index in [-0.39, 0.29) is 5.91 Å². The monoisotopic (exact) mass is 345 g/mol. The van der Waals surface area contributed by atoms with Crippen LogP contribution in [0.2, 0.25) is 0 Å². The quantitative estimate of drug-likeness (QED) is 0.697. The van der Waals surface area contributed by atoms with Crippen molar-refractivity contribution in [2.45, 2.75) is 50.2 Å². The summed E-state index contributed by atoms with van der Waals surface area (Å²) in [5.41, 5.74) is 0.0744. The molecule has 0 spiro atoms. The molecule has 1 amide bonds. The van der Waals surface area contributed by atoms with Crippen molar-refractivity contribution in [1.82, 2.24) is 15.5 Å². The molecule has 1 aromatic rings. The van der Waals surface area contributed by atoms with Gasteiger partial charge in [-0.15, -0.1) is 0 Å². The number of likely N-dealkylation sites (tertiary alicyclic amines) is 1. The first-order valence-electron chi connectivity index (χ1n) is 9.67. The number of piperidine rings is 2. The van der Waals surface area contributed by atoms with Gasteiger partial charge < -0.3 is 20.6 Å². The molecule has 0 bridgehead atoms. The van der Waals surface area contributed by atoms with E-state index < -0.39 is 5.60 Å². The van der Waals surface area contributed by atoms with E-state index in [0.29, 0.717) is 19.0 Å². The van der Waals surface area contributed by atoms with Gasteiger partial charge in [-0.2, -0.15) is 0 Å². The first-order chi connectivity index (χ1) is 12.2. The van der Waals surface area contributed by atoms with Crippen LogP contribution in [-0.2, 0) is 11.2 Å². The second-order valence-electron chi connectivity index (χ2n) is 7.42. The highest BCUT2D eigenvalue weighted by Crippen LogP contribution is 2.23. The summed E-state index contributed by atoms with van der Waals surface area (Å²) >= 11 is 0. The van der Waals surface area contributed by atoms with Gasteiger partial charge in [-0.05, 0) is 57.2 Å². The Morgan fingerprint density at radius 3 is 2.76 bits per heavy atom. The molecule has 0 unspecified atom stereocenters. The van der Waals surface area contributed by atoms with Crippen molar-refractivity contribution in [2.24, 2.45) is 0 Å². The van der Waals surface area contributed by atoms with Crippen molar-refractivity contribution >= 4 is 5.91 Å². The van der Waals surface area contributed by atoms with Crippen molar-refractivity contribution in [3.8, 4) is 0 Å². The minimum absolute atomic E-state index is 0.0896. The van der Waals surface area contributed by atoms with Crippen LogP contribution in [0, 0.1) is 0 Å². The predicted molar refractivity (Wildman–Crippen MR) is 99.4 cm³/mol. The zero-order valence-electron chi connectivity index (χ0n) is 15.0. The van der Waals surface area contributed by atoms with E-state index in [0.717, 1.165) is 58.3 Å². The van der Waals surface area contributed by atoms with Crippen molar-refractivity contribution in [3.63, 3.8) is 0 Å². The molecular formula is C20H31N3O2. The summed E-state index contributed by atoms with van der Waals surface area (Å²) in [5.74, 6) is -0.0896. The smallest absolute Gasteiger partial charge is 0.255 e. The third-order valence-electron chi connectivity index (χ3n) is 5.46. The summed E-state index contributed by atoms with van der Waals surface area (Å²) in [4.78, 5) is 14.6. The van der Waals surface area contributed by atoms with Crippen molar-refractivity contribution in [1.29, 1.82) is 0 Å². The Morgan fingerprint density at radius 1 is 1.24 bits per heavy atom. The molecule has 0 aromatic heterocycles. The molecule has 25 heavy (non-hydrogen) atoms. The number of hydrogen-bond acceptors (Lipinski definition) is 4.